The predicted octanol–water partition coefficient (Wildman–Crippen LogP) is 2.96. The maximum atomic E-state index is 12.6. The molecule has 0 spiro atoms. The van der Waals surface area contributed by atoms with Crippen molar-refractivity contribution in [1.82, 2.24) is 9.88 Å². The largest absolute Gasteiger partial charge is 0.376 e. The summed E-state index contributed by atoms with van der Waals surface area (Å²) in [5.41, 5.74) is 1.95. The van der Waals surface area contributed by atoms with Crippen LogP contribution in [-0.4, -0.2) is 29.7 Å². The molecule has 1 N–H and O–H groups in total. The Kier molecular flexibility index (Phi) is 3.62. The van der Waals surface area contributed by atoms with Gasteiger partial charge in [-0.25, -0.2) is 0 Å². The zero-order valence-corrected chi connectivity index (χ0v) is 12.8. The first-order valence-electron chi connectivity index (χ1n) is 8.29. The monoisotopic (exact) mass is 298 g/mol. The molecule has 0 unspecified atom stereocenters. The molecule has 22 heavy (non-hydrogen) atoms. The fourth-order valence-electron chi connectivity index (χ4n) is 3.26. The van der Waals surface area contributed by atoms with Crippen molar-refractivity contribution in [2.75, 3.05) is 13.2 Å². The summed E-state index contributed by atoms with van der Waals surface area (Å²) in [6, 6.07) is 10.3. The van der Waals surface area contributed by atoms with Gasteiger partial charge in [-0.3, -0.25) is 4.79 Å². The number of amides is 1. The van der Waals surface area contributed by atoms with Crippen molar-refractivity contribution in [3.8, 4) is 0 Å². The molecule has 1 aromatic carbocycles. The van der Waals surface area contributed by atoms with Crippen LogP contribution >= 0.6 is 0 Å². The van der Waals surface area contributed by atoms with Gasteiger partial charge in [-0.1, -0.05) is 18.2 Å². The quantitative estimate of drug-likeness (QED) is 0.922. The van der Waals surface area contributed by atoms with Gasteiger partial charge in [0.15, 0.2) is 0 Å². The maximum Gasteiger partial charge on any atom is 0.268 e. The van der Waals surface area contributed by atoms with Gasteiger partial charge in [-0.2, -0.15) is 0 Å². The fraction of sp³-hybridized carbons (Fsp3) is 0.500. The van der Waals surface area contributed by atoms with Crippen LogP contribution in [0, 0.1) is 5.92 Å². The Morgan fingerprint density at radius 3 is 2.91 bits per heavy atom. The Morgan fingerprint density at radius 1 is 1.27 bits per heavy atom. The third-order valence-electron chi connectivity index (χ3n) is 4.70. The molecule has 1 atom stereocenters. The second-order valence-electron chi connectivity index (χ2n) is 6.49. The second kappa shape index (κ2) is 5.76. The molecular weight excluding hydrogens is 276 g/mol. The highest BCUT2D eigenvalue weighted by atomic mass is 16.5. The molecule has 4 nitrogen and oxygen atoms in total. The summed E-state index contributed by atoms with van der Waals surface area (Å²) in [6.07, 6.45) is 4.89. The number of aromatic nitrogens is 1. The topological polar surface area (TPSA) is 43.3 Å². The molecule has 116 valence electrons. The Morgan fingerprint density at radius 2 is 2.14 bits per heavy atom. The van der Waals surface area contributed by atoms with Crippen LogP contribution in [0.2, 0.25) is 0 Å². The average Bonchev–Trinajstić information content (AvgIpc) is 3.07. The molecule has 0 radical (unpaired) electrons. The summed E-state index contributed by atoms with van der Waals surface area (Å²) in [6.45, 7) is 2.39. The van der Waals surface area contributed by atoms with E-state index < -0.39 is 0 Å². The molecule has 1 aliphatic carbocycles. The van der Waals surface area contributed by atoms with Crippen LogP contribution in [0.1, 0.15) is 36.2 Å². The van der Waals surface area contributed by atoms with Gasteiger partial charge in [0, 0.05) is 30.6 Å². The third kappa shape index (κ3) is 2.75. The van der Waals surface area contributed by atoms with Crippen LogP contribution in [-0.2, 0) is 11.3 Å². The minimum Gasteiger partial charge on any atom is -0.376 e. The van der Waals surface area contributed by atoms with Gasteiger partial charge in [0.1, 0.15) is 5.69 Å². The van der Waals surface area contributed by atoms with E-state index in [0.29, 0.717) is 6.54 Å². The number of rotatable bonds is 5. The van der Waals surface area contributed by atoms with E-state index in [2.05, 4.69) is 22.0 Å². The maximum absolute atomic E-state index is 12.6. The van der Waals surface area contributed by atoms with E-state index in [1.54, 1.807) is 0 Å². The van der Waals surface area contributed by atoms with Gasteiger partial charge in [-0.15, -0.1) is 0 Å². The lowest BCUT2D eigenvalue weighted by Gasteiger charge is -2.13. The number of benzene rings is 1. The van der Waals surface area contributed by atoms with Gasteiger partial charge in [0.05, 0.1) is 6.10 Å². The van der Waals surface area contributed by atoms with E-state index in [1.807, 2.05) is 18.2 Å². The van der Waals surface area contributed by atoms with Gasteiger partial charge in [-0.05, 0) is 43.7 Å². The molecule has 1 aliphatic heterocycles. The van der Waals surface area contributed by atoms with Crippen LogP contribution in [0.15, 0.2) is 30.3 Å². The number of para-hydroxylation sites is 1. The van der Waals surface area contributed by atoms with Crippen molar-refractivity contribution < 1.29 is 9.53 Å². The van der Waals surface area contributed by atoms with Crippen molar-refractivity contribution in [1.29, 1.82) is 0 Å². The van der Waals surface area contributed by atoms with Crippen molar-refractivity contribution in [2.24, 2.45) is 5.92 Å². The number of hydrogen-bond donors (Lipinski definition) is 1. The highest BCUT2D eigenvalue weighted by Gasteiger charge is 2.25. The molecule has 2 fully saturated rings. The van der Waals surface area contributed by atoms with Crippen molar-refractivity contribution in [3.05, 3.63) is 36.0 Å². The molecule has 2 aromatic rings. The minimum absolute atomic E-state index is 0.0207. The highest BCUT2D eigenvalue weighted by molar-refractivity contribution is 5.98. The lowest BCUT2D eigenvalue weighted by Crippen LogP contribution is -2.33. The summed E-state index contributed by atoms with van der Waals surface area (Å²) in [7, 11) is 0. The molecule has 1 aromatic heterocycles. The molecular formula is C18H22N2O2. The molecule has 1 saturated heterocycles. The zero-order chi connectivity index (χ0) is 14.9. The SMILES string of the molecule is O=C(NC[C@H]1CCCO1)c1cc2ccccc2n1CC1CC1. The molecule has 4 rings (SSSR count). The summed E-state index contributed by atoms with van der Waals surface area (Å²) in [5, 5.41) is 4.20. The molecule has 0 bridgehead atoms. The Hall–Kier alpha value is -1.81. The minimum atomic E-state index is 0.0207. The van der Waals surface area contributed by atoms with Gasteiger partial charge in [0.25, 0.3) is 5.91 Å². The first-order valence-corrected chi connectivity index (χ1v) is 8.29. The number of ether oxygens (including phenoxy) is 1. The van der Waals surface area contributed by atoms with E-state index >= 15 is 0 Å². The number of nitrogens with zero attached hydrogens (tertiary/aromatic N) is 1. The smallest absolute Gasteiger partial charge is 0.268 e. The van der Waals surface area contributed by atoms with Crippen LogP contribution < -0.4 is 5.32 Å². The number of fused-ring (bicyclic) bond motifs is 1. The number of carbonyl (C=O) groups excluding carboxylic acids is 1. The highest BCUT2D eigenvalue weighted by Crippen LogP contribution is 2.33. The van der Waals surface area contributed by atoms with Gasteiger partial charge < -0.3 is 14.6 Å². The van der Waals surface area contributed by atoms with E-state index in [1.165, 1.54) is 12.8 Å². The van der Waals surface area contributed by atoms with Crippen molar-refractivity contribution in [2.45, 2.75) is 38.3 Å². The normalized spacial score (nSPS) is 21.4. The van der Waals surface area contributed by atoms with E-state index in [9.17, 15) is 4.79 Å². The Labute approximate surface area is 130 Å². The average molecular weight is 298 g/mol. The van der Waals surface area contributed by atoms with Gasteiger partial charge in [0.2, 0.25) is 0 Å². The number of hydrogen-bond acceptors (Lipinski definition) is 2. The predicted molar refractivity (Wildman–Crippen MR) is 86.0 cm³/mol. The van der Waals surface area contributed by atoms with E-state index in [-0.39, 0.29) is 12.0 Å². The van der Waals surface area contributed by atoms with Crippen molar-refractivity contribution in [3.63, 3.8) is 0 Å². The summed E-state index contributed by atoms with van der Waals surface area (Å²) in [4.78, 5) is 12.6. The molecule has 2 heterocycles. The molecule has 1 amide bonds. The van der Waals surface area contributed by atoms with E-state index in [0.717, 1.165) is 48.5 Å². The van der Waals surface area contributed by atoms with Gasteiger partial charge >= 0.3 is 0 Å². The number of nitrogens with one attached hydrogen (secondary N) is 1. The summed E-state index contributed by atoms with van der Waals surface area (Å²) >= 11 is 0. The van der Waals surface area contributed by atoms with E-state index in [4.69, 9.17) is 4.74 Å². The lowest BCUT2D eigenvalue weighted by molar-refractivity contribution is 0.0850. The van der Waals surface area contributed by atoms with Crippen LogP contribution in [0.5, 0.6) is 0 Å². The Bertz CT molecular complexity index is 681. The Balaban J connectivity index is 1.57. The van der Waals surface area contributed by atoms with Crippen LogP contribution in [0.4, 0.5) is 0 Å². The molecule has 1 saturated carbocycles. The zero-order valence-electron chi connectivity index (χ0n) is 12.8. The summed E-state index contributed by atoms with van der Waals surface area (Å²) < 4.78 is 7.77. The fourth-order valence-corrected chi connectivity index (χ4v) is 3.26. The summed E-state index contributed by atoms with van der Waals surface area (Å²) in [5.74, 6) is 0.757. The lowest BCUT2D eigenvalue weighted by atomic mass is 10.2. The first-order chi connectivity index (χ1) is 10.8. The second-order valence-corrected chi connectivity index (χ2v) is 6.49. The standard InChI is InChI=1S/C18H22N2O2/c21-18(19-11-15-5-3-9-22-15)17-10-14-4-1-2-6-16(14)20(17)12-13-7-8-13/h1-2,4,6,10,13,15H,3,5,7-9,11-12H2,(H,19,21)/t15-/m1/s1. The van der Waals surface area contributed by atoms with Crippen LogP contribution in [0.25, 0.3) is 10.9 Å². The molecule has 2 aliphatic rings. The molecule has 4 heteroatoms. The third-order valence-corrected chi connectivity index (χ3v) is 4.70. The van der Waals surface area contributed by atoms with Crippen molar-refractivity contribution >= 4 is 16.8 Å². The number of carbonyl (C=O) groups is 1. The van der Waals surface area contributed by atoms with Crippen LogP contribution in [0.3, 0.4) is 0 Å². The first kappa shape index (κ1) is 13.8.